The normalized spacial score (nSPS) is 36.8. The Morgan fingerprint density at radius 2 is 1.80 bits per heavy atom. The van der Waals surface area contributed by atoms with Gasteiger partial charge in [0.15, 0.2) is 11.9 Å². The van der Waals surface area contributed by atoms with Gasteiger partial charge in [-0.25, -0.2) is 4.79 Å². The van der Waals surface area contributed by atoms with Crippen molar-refractivity contribution < 1.29 is 23.7 Å². The zero-order valence-electron chi connectivity index (χ0n) is 14.2. The number of alkyl halides is 1. The smallest absolute Gasteiger partial charge is 0.338 e. The van der Waals surface area contributed by atoms with Crippen LogP contribution in [0.4, 0.5) is 0 Å². The van der Waals surface area contributed by atoms with Crippen LogP contribution in [0, 0.1) is 0 Å². The second kappa shape index (κ2) is 6.99. The summed E-state index contributed by atoms with van der Waals surface area (Å²) in [7, 11) is 0. The molecule has 3 fully saturated rings. The highest BCUT2D eigenvalue weighted by Crippen LogP contribution is 2.46. The van der Waals surface area contributed by atoms with E-state index >= 15 is 0 Å². The van der Waals surface area contributed by atoms with Crippen molar-refractivity contribution in [3.8, 4) is 0 Å². The molecule has 25 heavy (non-hydrogen) atoms. The fraction of sp³-hybridized carbons (Fsp3) is 0.632. The molecule has 5 nitrogen and oxygen atoms in total. The van der Waals surface area contributed by atoms with Crippen molar-refractivity contribution in [1.29, 1.82) is 0 Å². The van der Waals surface area contributed by atoms with Gasteiger partial charge in [-0.2, -0.15) is 0 Å². The first-order valence-electron chi connectivity index (χ1n) is 8.99. The second-order valence-electron chi connectivity index (χ2n) is 7.06. The number of carbonyl (C=O) groups excluding carboxylic acids is 1. The summed E-state index contributed by atoms with van der Waals surface area (Å²) in [6, 6.07) is 9.00. The fourth-order valence-electron chi connectivity index (χ4n) is 4.00. The molecule has 0 unspecified atom stereocenters. The number of ether oxygens (including phenoxy) is 4. The third-order valence-electron chi connectivity index (χ3n) is 5.28. The van der Waals surface area contributed by atoms with E-state index in [-0.39, 0.29) is 29.3 Å². The summed E-state index contributed by atoms with van der Waals surface area (Å²) >= 11 is 3.56. The molecule has 2 saturated heterocycles. The number of esters is 1. The van der Waals surface area contributed by atoms with Gasteiger partial charge in [-0.1, -0.05) is 40.5 Å². The number of hydrogen-bond acceptors (Lipinski definition) is 5. The zero-order chi connectivity index (χ0) is 17.4. The topological polar surface area (TPSA) is 54.0 Å². The van der Waals surface area contributed by atoms with Gasteiger partial charge in [-0.15, -0.1) is 0 Å². The van der Waals surface area contributed by atoms with Crippen LogP contribution in [0.3, 0.4) is 0 Å². The molecule has 5 atom stereocenters. The fourth-order valence-corrected chi connectivity index (χ4v) is 4.75. The van der Waals surface area contributed by atoms with E-state index in [1.165, 1.54) is 6.42 Å². The Morgan fingerprint density at radius 3 is 2.52 bits per heavy atom. The molecule has 6 heteroatoms. The SMILES string of the molecule is C[C@@H]1O[C@@H](Br)[C@@H]2OC3(CCCCC3)O[C@@H]2[C@H]1OC(=O)c1ccccc1. The van der Waals surface area contributed by atoms with Crippen LogP contribution in [-0.2, 0) is 18.9 Å². The molecule has 1 spiro atoms. The van der Waals surface area contributed by atoms with Gasteiger partial charge in [0.1, 0.15) is 17.2 Å². The van der Waals surface area contributed by atoms with Crippen LogP contribution in [0.2, 0.25) is 0 Å². The van der Waals surface area contributed by atoms with Crippen molar-refractivity contribution in [3.05, 3.63) is 35.9 Å². The predicted molar refractivity (Wildman–Crippen MR) is 94.5 cm³/mol. The lowest BCUT2D eigenvalue weighted by Gasteiger charge is -2.38. The molecule has 1 aromatic rings. The van der Waals surface area contributed by atoms with Crippen molar-refractivity contribution >= 4 is 21.9 Å². The lowest BCUT2D eigenvalue weighted by molar-refractivity contribution is -0.199. The standard InChI is InChI=1S/C19H23BrO5/c1-12-14(23-18(21)13-8-4-2-5-9-13)15-16(17(20)22-12)25-19(24-15)10-6-3-7-11-19/h2,4-5,8-9,12,14-17H,3,6-7,10-11H2,1H3/t12-,14-,15+,16+,17+/m0/s1. The number of benzene rings is 1. The highest BCUT2D eigenvalue weighted by molar-refractivity contribution is 9.09. The number of carbonyl (C=O) groups is 1. The lowest BCUT2D eigenvalue weighted by atomic mass is 9.94. The average Bonchev–Trinajstić information content (AvgIpc) is 2.99. The summed E-state index contributed by atoms with van der Waals surface area (Å²) in [5.74, 6) is -0.911. The van der Waals surface area contributed by atoms with Gasteiger partial charge < -0.3 is 18.9 Å². The molecule has 2 aliphatic heterocycles. The van der Waals surface area contributed by atoms with Crippen LogP contribution < -0.4 is 0 Å². The van der Waals surface area contributed by atoms with E-state index in [9.17, 15) is 4.79 Å². The van der Waals surface area contributed by atoms with Crippen LogP contribution in [0.1, 0.15) is 49.4 Å². The maximum Gasteiger partial charge on any atom is 0.338 e. The minimum atomic E-state index is -0.551. The predicted octanol–water partition coefficient (Wildman–Crippen LogP) is 3.80. The van der Waals surface area contributed by atoms with Crippen molar-refractivity contribution in [2.24, 2.45) is 0 Å². The maximum atomic E-state index is 12.5. The Hall–Kier alpha value is -0.950. The first kappa shape index (κ1) is 17.5. The van der Waals surface area contributed by atoms with Gasteiger partial charge in [0.2, 0.25) is 0 Å². The molecule has 0 amide bonds. The monoisotopic (exact) mass is 410 g/mol. The zero-order valence-corrected chi connectivity index (χ0v) is 15.8. The number of rotatable bonds is 2. The van der Waals surface area contributed by atoms with Crippen LogP contribution in [0.15, 0.2) is 30.3 Å². The molecule has 0 aromatic heterocycles. The molecule has 1 aromatic carbocycles. The third-order valence-corrected chi connectivity index (χ3v) is 6.02. The molecule has 1 saturated carbocycles. The van der Waals surface area contributed by atoms with E-state index in [1.54, 1.807) is 12.1 Å². The summed E-state index contributed by atoms with van der Waals surface area (Å²) in [6.07, 6.45) is 3.80. The van der Waals surface area contributed by atoms with Gasteiger partial charge in [-0.05, 0) is 31.9 Å². The lowest BCUT2D eigenvalue weighted by Crippen LogP contribution is -2.55. The van der Waals surface area contributed by atoms with E-state index < -0.39 is 11.9 Å². The van der Waals surface area contributed by atoms with Crippen LogP contribution >= 0.6 is 15.9 Å². The molecule has 2 heterocycles. The summed E-state index contributed by atoms with van der Waals surface area (Å²) in [5, 5.41) is -0.263. The first-order chi connectivity index (χ1) is 12.1. The molecular formula is C19H23BrO5. The van der Waals surface area contributed by atoms with Gasteiger partial charge in [0.25, 0.3) is 0 Å². The maximum absolute atomic E-state index is 12.5. The van der Waals surface area contributed by atoms with Gasteiger partial charge in [-0.3, -0.25) is 0 Å². The van der Waals surface area contributed by atoms with Crippen molar-refractivity contribution in [2.75, 3.05) is 0 Å². The molecule has 0 bridgehead atoms. The summed E-state index contributed by atoms with van der Waals surface area (Å²) < 4.78 is 24.4. The Kier molecular flexibility index (Phi) is 4.88. The van der Waals surface area contributed by atoms with E-state index in [0.29, 0.717) is 5.56 Å². The van der Waals surface area contributed by atoms with Crippen LogP contribution in [0.5, 0.6) is 0 Å². The second-order valence-corrected chi connectivity index (χ2v) is 7.97. The minimum absolute atomic E-state index is 0.263. The minimum Gasteiger partial charge on any atom is -0.453 e. The molecular weight excluding hydrogens is 388 g/mol. The first-order valence-corrected chi connectivity index (χ1v) is 9.91. The van der Waals surface area contributed by atoms with Gasteiger partial charge in [0, 0.05) is 12.8 Å². The van der Waals surface area contributed by atoms with Gasteiger partial charge >= 0.3 is 5.97 Å². The van der Waals surface area contributed by atoms with Crippen molar-refractivity contribution in [2.45, 2.75) is 74.2 Å². The molecule has 3 aliphatic rings. The Labute approximate surface area is 156 Å². The number of hydrogen-bond donors (Lipinski definition) is 0. The highest BCUT2D eigenvalue weighted by atomic mass is 79.9. The largest absolute Gasteiger partial charge is 0.453 e. The van der Waals surface area contributed by atoms with E-state index in [4.69, 9.17) is 18.9 Å². The van der Waals surface area contributed by atoms with E-state index in [0.717, 1.165) is 25.7 Å². The molecule has 4 rings (SSSR count). The third kappa shape index (κ3) is 3.37. The van der Waals surface area contributed by atoms with E-state index in [1.807, 2.05) is 25.1 Å². The summed E-state index contributed by atoms with van der Waals surface area (Å²) in [4.78, 5) is 12.5. The molecule has 0 radical (unpaired) electrons. The quantitative estimate of drug-likeness (QED) is 0.548. The van der Waals surface area contributed by atoms with Gasteiger partial charge in [0.05, 0.1) is 11.7 Å². The number of halogens is 1. The Morgan fingerprint density at radius 1 is 1.12 bits per heavy atom. The van der Waals surface area contributed by atoms with Crippen LogP contribution in [-0.4, -0.2) is 41.2 Å². The highest BCUT2D eigenvalue weighted by Gasteiger charge is 2.58. The summed E-state index contributed by atoms with van der Waals surface area (Å²) in [6.45, 7) is 1.91. The molecule has 136 valence electrons. The van der Waals surface area contributed by atoms with Crippen LogP contribution in [0.25, 0.3) is 0 Å². The summed E-state index contributed by atoms with van der Waals surface area (Å²) in [5.41, 5.74) is 0.526. The Bertz CT molecular complexity index is 616. The molecule has 1 aliphatic carbocycles. The van der Waals surface area contributed by atoms with E-state index in [2.05, 4.69) is 15.9 Å². The average molecular weight is 411 g/mol. The number of fused-ring (bicyclic) bond motifs is 1. The Balaban J connectivity index is 1.53. The molecule has 0 N–H and O–H groups in total. The van der Waals surface area contributed by atoms with Crippen molar-refractivity contribution in [1.82, 2.24) is 0 Å². The van der Waals surface area contributed by atoms with Crippen molar-refractivity contribution in [3.63, 3.8) is 0 Å².